The molecule has 0 fully saturated rings. The summed E-state index contributed by atoms with van der Waals surface area (Å²) >= 11 is 0. The van der Waals surface area contributed by atoms with Crippen LogP contribution in [0.25, 0.3) is 4.85 Å². The van der Waals surface area contributed by atoms with Crippen molar-refractivity contribution in [1.82, 2.24) is 5.09 Å². The molecule has 0 spiro atoms. The van der Waals surface area contributed by atoms with Gasteiger partial charge in [0.2, 0.25) is 7.29 Å². The van der Waals surface area contributed by atoms with Crippen molar-refractivity contribution < 1.29 is 4.57 Å². The van der Waals surface area contributed by atoms with Crippen LogP contribution in [0.1, 0.15) is 18.1 Å². The van der Waals surface area contributed by atoms with Gasteiger partial charge < -0.3 is 0 Å². The summed E-state index contributed by atoms with van der Waals surface area (Å²) in [6, 6.07) is 26.4. The standard InChI is InChI=1S/C22H21N2OP/c1-18-11-10-12-19(17-18)22(2,23-3)24-26(25,20-13-6-4-7-14-20)21-15-8-5-9-16-21/h4-17H,1-2H3,(H,24,25)/t22-/m1/s1. The molecule has 0 bridgehead atoms. The van der Waals surface area contributed by atoms with Gasteiger partial charge in [-0.05, 0) is 43.3 Å². The highest BCUT2D eigenvalue weighted by molar-refractivity contribution is 7.77. The van der Waals surface area contributed by atoms with E-state index in [0.717, 1.165) is 11.1 Å². The summed E-state index contributed by atoms with van der Waals surface area (Å²) in [6.07, 6.45) is 0. The molecule has 0 saturated carbocycles. The van der Waals surface area contributed by atoms with Gasteiger partial charge >= 0.3 is 5.66 Å². The fourth-order valence-corrected chi connectivity index (χ4v) is 5.50. The van der Waals surface area contributed by atoms with Crippen molar-refractivity contribution in [3.8, 4) is 0 Å². The number of nitrogens with one attached hydrogen (secondary N) is 1. The van der Waals surface area contributed by atoms with Gasteiger partial charge in [0.1, 0.15) is 0 Å². The molecule has 0 radical (unpaired) electrons. The lowest BCUT2D eigenvalue weighted by atomic mass is 10.0. The first-order valence-electron chi connectivity index (χ1n) is 8.44. The Labute approximate surface area is 155 Å². The van der Waals surface area contributed by atoms with Gasteiger partial charge in [0.15, 0.2) is 0 Å². The van der Waals surface area contributed by atoms with E-state index >= 15 is 0 Å². The lowest BCUT2D eigenvalue weighted by molar-refractivity contribution is 0.521. The van der Waals surface area contributed by atoms with Crippen LogP contribution in [0.4, 0.5) is 0 Å². The maximum absolute atomic E-state index is 14.2. The van der Waals surface area contributed by atoms with Gasteiger partial charge in [-0.3, -0.25) is 9.41 Å². The lowest BCUT2D eigenvalue weighted by Crippen LogP contribution is -2.40. The van der Waals surface area contributed by atoms with Crippen LogP contribution >= 0.6 is 7.29 Å². The Kier molecular flexibility index (Phi) is 5.09. The average molecular weight is 360 g/mol. The van der Waals surface area contributed by atoms with Gasteiger partial charge in [-0.25, -0.2) is 6.57 Å². The molecule has 4 heteroatoms. The van der Waals surface area contributed by atoms with Crippen molar-refractivity contribution in [3.05, 3.63) is 107 Å². The van der Waals surface area contributed by atoms with Crippen LogP contribution < -0.4 is 15.7 Å². The highest BCUT2D eigenvalue weighted by Gasteiger charge is 2.42. The second-order valence-corrected chi connectivity index (χ2v) is 8.92. The number of rotatable bonds is 5. The maximum atomic E-state index is 14.2. The zero-order valence-electron chi connectivity index (χ0n) is 14.9. The minimum absolute atomic E-state index is 0.689. The van der Waals surface area contributed by atoms with Crippen LogP contribution in [0.3, 0.4) is 0 Å². The molecule has 130 valence electrons. The molecule has 3 aromatic carbocycles. The van der Waals surface area contributed by atoms with Crippen molar-refractivity contribution >= 4 is 17.9 Å². The van der Waals surface area contributed by atoms with E-state index in [1.165, 1.54) is 0 Å². The third-order valence-corrected chi connectivity index (χ3v) is 7.22. The Morgan fingerprint density at radius 2 is 1.42 bits per heavy atom. The van der Waals surface area contributed by atoms with Gasteiger partial charge in [-0.1, -0.05) is 54.1 Å². The summed E-state index contributed by atoms with van der Waals surface area (Å²) in [5.41, 5.74) is 0.765. The second kappa shape index (κ2) is 7.30. The largest absolute Gasteiger partial charge is 0.315 e. The summed E-state index contributed by atoms with van der Waals surface area (Å²) in [4.78, 5) is 3.83. The first-order chi connectivity index (χ1) is 12.5. The molecule has 0 saturated heterocycles. The number of hydrogen-bond acceptors (Lipinski definition) is 1. The van der Waals surface area contributed by atoms with E-state index in [9.17, 15) is 4.57 Å². The third-order valence-electron chi connectivity index (χ3n) is 4.42. The zero-order valence-corrected chi connectivity index (χ0v) is 15.8. The van der Waals surface area contributed by atoms with E-state index in [2.05, 4.69) is 9.93 Å². The summed E-state index contributed by atoms with van der Waals surface area (Å²) in [5, 5.41) is 4.61. The van der Waals surface area contributed by atoms with Crippen LogP contribution in [0, 0.1) is 13.5 Å². The molecule has 3 aromatic rings. The Morgan fingerprint density at radius 3 is 1.88 bits per heavy atom. The van der Waals surface area contributed by atoms with Gasteiger partial charge in [0.05, 0.1) is 5.56 Å². The molecule has 1 N–H and O–H groups in total. The van der Waals surface area contributed by atoms with Gasteiger partial charge in [0.25, 0.3) is 0 Å². The predicted molar refractivity (Wildman–Crippen MR) is 108 cm³/mol. The Balaban J connectivity index is 2.15. The number of benzene rings is 3. The van der Waals surface area contributed by atoms with Crippen molar-refractivity contribution in [3.63, 3.8) is 0 Å². The second-order valence-electron chi connectivity index (χ2n) is 6.45. The number of hydrogen-bond donors (Lipinski definition) is 1. The molecule has 3 nitrogen and oxygen atoms in total. The van der Waals surface area contributed by atoms with Crippen LogP contribution in [0.15, 0.2) is 84.9 Å². The molecule has 0 amide bonds. The van der Waals surface area contributed by atoms with Gasteiger partial charge in [-0.15, -0.1) is 0 Å². The first-order valence-corrected chi connectivity index (χ1v) is 10.2. The minimum Gasteiger partial charge on any atom is -0.296 e. The predicted octanol–water partition coefficient (Wildman–Crippen LogP) is 4.61. The Morgan fingerprint density at radius 1 is 0.885 bits per heavy atom. The van der Waals surface area contributed by atoms with Gasteiger partial charge in [-0.2, -0.15) is 5.09 Å². The van der Waals surface area contributed by atoms with Crippen LogP contribution in [-0.2, 0) is 10.2 Å². The average Bonchev–Trinajstić information content (AvgIpc) is 2.69. The monoisotopic (exact) mass is 360 g/mol. The SMILES string of the molecule is [C-]#[N+][C@](C)(NP(=O)(c1ccccc1)c1ccccc1)c1cccc(C)c1. The van der Waals surface area contributed by atoms with Crippen LogP contribution in [0.5, 0.6) is 0 Å². The van der Waals surface area contributed by atoms with E-state index in [1.807, 2.05) is 91.9 Å². The molecular weight excluding hydrogens is 339 g/mol. The molecule has 0 aromatic heterocycles. The normalized spacial score (nSPS) is 13.6. The Bertz CT molecular complexity index is 936. The molecule has 0 aliphatic rings. The molecule has 3 rings (SSSR count). The molecular formula is C22H21N2OP. The lowest BCUT2D eigenvalue weighted by Gasteiger charge is -2.27. The molecule has 26 heavy (non-hydrogen) atoms. The first kappa shape index (κ1) is 18.1. The van der Waals surface area contributed by atoms with Crippen molar-refractivity contribution in [2.45, 2.75) is 19.5 Å². The molecule has 0 aliphatic heterocycles. The Hall–Kier alpha value is -2.66. The maximum Gasteiger partial charge on any atom is 0.315 e. The van der Waals surface area contributed by atoms with Crippen molar-refractivity contribution in [1.29, 1.82) is 0 Å². The molecule has 0 unspecified atom stereocenters. The number of aryl methyl sites for hydroxylation is 1. The fraction of sp³-hybridized carbons (Fsp3) is 0.136. The number of nitrogens with zero attached hydrogens (tertiary/aromatic N) is 1. The minimum atomic E-state index is -3.21. The van der Waals surface area contributed by atoms with Crippen molar-refractivity contribution in [2.24, 2.45) is 0 Å². The summed E-state index contributed by atoms with van der Waals surface area (Å²) in [6.45, 7) is 11.6. The van der Waals surface area contributed by atoms with E-state index in [0.29, 0.717) is 10.6 Å². The summed E-state index contributed by atoms with van der Waals surface area (Å²) in [7, 11) is -3.21. The van der Waals surface area contributed by atoms with E-state index in [1.54, 1.807) is 6.92 Å². The van der Waals surface area contributed by atoms with E-state index < -0.39 is 13.0 Å². The van der Waals surface area contributed by atoms with E-state index in [-0.39, 0.29) is 0 Å². The topological polar surface area (TPSA) is 33.5 Å². The summed E-state index contributed by atoms with van der Waals surface area (Å²) < 4.78 is 14.2. The van der Waals surface area contributed by atoms with Gasteiger partial charge in [0, 0.05) is 17.5 Å². The van der Waals surface area contributed by atoms with Crippen LogP contribution in [0.2, 0.25) is 0 Å². The highest BCUT2D eigenvalue weighted by atomic mass is 31.2. The third kappa shape index (κ3) is 3.48. The molecule has 1 atom stereocenters. The van der Waals surface area contributed by atoms with Crippen molar-refractivity contribution in [2.75, 3.05) is 0 Å². The zero-order chi connectivity index (χ0) is 18.6. The molecule has 0 heterocycles. The smallest absolute Gasteiger partial charge is 0.296 e. The highest BCUT2D eigenvalue weighted by Crippen LogP contribution is 2.44. The fourth-order valence-electron chi connectivity index (χ4n) is 2.96. The van der Waals surface area contributed by atoms with Crippen LogP contribution in [-0.4, -0.2) is 0 Å². The molecule has 0 aliphatic carbocycles. The summed E-state index contributed by atoms with van der Waals surface area (Å²) in [5.74, 6) is 0. The quantitative estimate of drug-likeness (QED) is 0.533. The van der Waals surface area contributed by atoms with E-state index in [4.69, 9.17) is 6.57 Å².